The minimum Gasteiger partial charge on any atom is -0.457 e. The summed E-state index contributed by atoms with van der Waals surface area (Å²) in [7, 11) is 0. The minimum absolute atomic E-state index is 0.0839. The van der Waals surface area contributed by atoms with Gasteiger partial charge < -0.3 is 4.74 Å². The zero-order valence-corrected chi connectivity index (χ0v) is 28.4. The Morgan fingerprint density at radius 1 is 0.608 bits per heavy atom. The van der Waals surface area contributed by atoms with E-state index in [1.54, 1.807) is 0 Å². The van der Waals surface area contributed by atoms with Crippen molar-refractivity contribution in [3.8, 4) is 34.0 Å². The monoisotopic (exact) mass is 659 g/mol. The first-order chi connectivity index (χ1) is 25.2. The van der Waals surface area contributed by atoms with Crippen LogP contribution in [0.3, 0.4) is 0 Å². The van der Waals surface area contributed by atoms with Gasteiger partial charge >= 0.3 is 0 Å². The van der Waals surface area contributed by atoms with E-state index in [4.69, 9.17) is 26.3 Å². The summed E-state index contributed by atoms with van der Waals surface area (Å²) in [6.07, 6.45) is 14.3. The van der Waals surface area contributed by atoms with Gasteiger partial charge in [-0.1, -0.05) is 146 Å². The van der Waals surface area contributed by atoms with Crippen LogP contribution in [-0.2, 0) is 11.8 Å². The van der Waals surface area contributed by atoms with Gasteiger partial charge in [-0.2, -0.15) is 0 Å². The van der Waals surface area contributed by atoms with Crippen LogP contribution < -0.4 is 4.74 Å². The SMILES string of the molecule is C=C1/C=C(/c2nc(-c3ccccc3)nc(C3C=CC=CC3)n2)CCCc2ccc(-c3ccccc3)cc2C12c1ccccc1Oc1ccccc12. The molecule has 0 N–H and O–H groups in total. The van der Waals surface area contributed by atoms with Gasteiger partial charge in [0.2, 0.25) is 0 Å². The predicted molar refractivity (Wildman–Crippen MR) is 206 cm³/mol. The quantitative estimate of drug-likeness (QED) is 0.189. The van der Waals surface area contributed by atoms with Crippen LogP contribution in [-0.4, -0.2) is 15.0 Å². The summed E-state index contributed by atoms with van der Waals surface area (Å²) < 4.78 is 6.64. The molecule has 1 atom stereocenters. The Kier molecular flexibility index (Phi) is 7.85. The Bertz CT molecular complexity index is 2330. The highest BCUT2D eigenvalue weighted by atomic mass is 16.5. The van der Waals surface area contributed by atoms with Crippen molar-refractivity contribution in [1.82, 2.24) is 15.0 Å². The van der Waals surface area contributed by atoms with E-state index in [0.717, 1.165) is 70.8 Å². The molecule has 0 saturated heterocycles. The smallest absolute Gasteiger partial charge is 0.163 e. The Morgan fingerprint density at radius 3 is 1.98 bits per heavy atom. The third-order valence-electron chi connectivity index (χ3n) is 10.4. The van der Waals surface area contributed by atoms with Crippen molar-refractivity contribution >= 4 is 5.57 Å². The summed E-state index contributed by atoms with van der Waals surface area (Å²) in [5, 5.41) is 0. The highest BCUT2D eigenvalue weighted by molar-refractivity contribution is 5.77. The van der Waals surface area contributed by atoms with Crippen LogP contribution in [0.4, 0.5) is 0 Å². The first-order valence-electron chi connectivity index (χ1n) is 17.8. The molecule has 4 heteroatoms. The molecule has 246 valence electrons. The van der Waals surface area contributed by atoms with E-state index in [1.807, 2.05) is 30.3 Å². The lowest BCUT2D eigenvalue weighted by molar-refractivity contribution is 0.434. The molecule has 1 spiro atoms. The molecule has 0 bridgehead atoms. The standard InChI is InChI=1S/C47H37N3O/c1-32-30-38(46-49-44(35-18-7-3-8-19-35)48-45(50-46)36-20-9-4-10-21-36)23-15-22-34-28-29-37(33-16-5-2-6-17-33)31-41(34)47(32)39-24-11-13-26-42(39)51-43-27-14-12-25-40(43)47/h2-14,16-20,24-31,36H,1,15,21-23H2/b38-30+. The van der Waals surface area contributed by atoms with E-state index in [0.29, 0.717) is 11.6 Å². The lowest BCUT2D eigenvalue weighted by Crippen LogP contribution is -2.35. The van der Waals surface area contributed by atoms with Crippen molar-refractivity contribution in [3.63, 3.8) is 0 Å². The predicted octanol–water partition coefficient (Wildman–Crippen LogP) is 11.2. The van der Waals surface area contributed by atoms with Gasteiger partial charge in [0.1, 0.15) is 17.3 Å². The van der Waals surface area contributed by atoms with Crippen LogP contribution in [0.25, 0.3) is 28.1 Å². The first-order valence-corrected chi connectivity index (χ1v) is 17.8. The van der Waals surface area contributed by atoms with Gasteiger partial charge in [0, 0.05) is 22.6 Å². The lowest BCUT2D eigenvalue weighted by atomic mass is 9.62. The van der Waals surface area contributed by atoms with E-state index < -0.39 is 5.41 Å². The summed E-state index contributed by atoms with van der Waals surface area (Å²) in [5.41, 5.74) is 9.33. The maximum atomic E-state index is 6.64. The molecule has 6 aromatic rings. The van der Waals surface area contributed by atoms with Crippen LogP contribution in [0.1, 0.15) is 59.1 Å². The largest absolute Gasteiger partial charge is 0.457 e. The van der Waals surface area contributed by atoms with E-state index in [-0.39, 0.29) is 5.92 Å². The number of hydrogen-bond acceptors (Lipinski definition) is 4. The fourth-order valence-electron chi connectivity index (χ4n) is 7.98. The van der Waals surface area contributed by atoms with Gasteiger partial charge in [-0.25, -0.2) is 15.0 Å². The molecule has 1 unspecified atom stereocenters. The number of hydrogen-bond donors (Lipinski definition) is 0. The topological polar surface area (TPSA) is 47.9 Å². The number of benzene rings is 5. The maximum Gasteiger partial charge on any atom is 0.163 e. The summed E-state index contributed by atoms with van der Waals surface area (Å²) in [6, 6.07) is 44.8. The molecule has 5 aromatic carbocycles. The fourth-order valence-corrected chi connectivity index (χ4v) is 7.98. The van der Waals surface area contributed by atoms with Crippen molar-refractivity contribution in [3.05, 3.63) is 204 Å². The number of fused-ring (bicyclic) bond motifs is 6. The molecule has 0 fully saturated rings. The van der Waals surface area contributed by atoms with Crippen molar-refractivity contribution < 1.29 is 4.74 Å². The normalized spacial score (nSPS) is 18.2. The van der Waals surface area contributed by atoms with Gasteiger partial charge in [0.25, 0.3) is 0 Å². The third-order valence-corrected chi connectivity index (χ3v) is 10.4. The molecule has 0 amide bonds. The molecule has 1 aliphatic heterocycles. The van der Waals surface area contributed by atoms with E-state index in [1.165, 1.54) is 22.3 Å². The molecule has 3 aliphatic rings. The van der Waals surface area contributed by atoms with Crippen molar-refractivity contribution in [2.45, 2.75) is 37.0 Å². The molecular formula is C47H37N3O. The highest BCUT2D eigenvalue weighted by Crippen LogP contribution is 2.57. The number of aromatic nitrogens is 3. The Morgan fingerprint density at radius 2 is 1.27 bits per heavy atom. The van der Waals surface area contributed by atoms with Crippen molar-refractivity contribution in [2.75, 3.05) is 0 Å². The number of ether oxygens (including phenoxy) is 1. The summed E-state index contributed by atoms with van der Waals surface area (Å²) in [6.45, 7) is 4.98. The van der Waals surface area contributed by atoms with Gasteiger partial charge in [-0.05, 0) is 77.3 Å². The molecule has 4 nitrogen and oxygen atoms in total. The molecular weight excluding hydrogens is 623 g/mol. The average molecular weight is 660 g/mol. The van der Waals surface area contributed by atoms with Gasteiger partial charge in [-0.15, -0.1) is 0 Å². The van der Waals surface area contributed by atoms with E-state index in [9.17, 15) is 0 Å². The first kappa shape index (κ1) is 30.9. The second-order valence-corrected chi connectivity index (χ2v) is 13.5. The fraction of sp³-hybridized carbons (Fsp3) is 0.128. The molecule has 2 aliphatic carbocycles. The van der Waals surface area contributed by atoms with Gasteiger partial charge in [0.05, 0.1) is 5.41 Å². The minimum atomic E-state index is -0.726. The zero-order chi connectivity index (χ0) is 34.2. The van der Waals surface area contributed by atoms with Crippen LogP contribution >= 0.6 is 0 Å². The summed E-state index contributed by atoms with van der Waals surface area (Å²) in [5.74, 6) is 3.96. The summed E-state index contributed by atoms with van der Waals surface area (Å²) >= 11 is 0. The van der Waals surface area contributed by atoms with E-state index >= 15 is 0 Å². The second kappa shape index (κ2) is 13.0. The van der Waals surface area contributed by atoms with Crippen LogP contribution in [0, 0.1) is 0 Å². The third kappa shape index (κ3) is 5.44. The number of aryl methyl sites for hydroxylation is 1. The Hall–Kier alpha value is -6.13. The Labute approximate surface area is 299 Å². The number of nitrogens with zero attached hydrogens (tertiary/aromatic N) is 3. The van der Waals surface area contributed by atoms with Crippen molar-refractivity contribution in [1.29, 1.82) is 0 Å². The van der Waals surface area contributed by atoms with E-state index in [2.05, 4.69) is 127 Å². The lowest BCUT2D eigenvalue weighted by Gasteiger charge is -2.43. The molecule has 9 rings (SSSR count). The molecule has 0 radical (unpaired) electrons. The molecule has 2 heterocycles. The molecule has 51 heavy (non-hydrogen) atoms. The maximum absolute atomic E-state index is 6.64. The van der Waals surface area contributed by atoms with Crippen LogP contribution in [0.5, 0.6) is 11.5 Å². The zero-order valence-electron chi connectivity index (χ0n) is 28.4. The van der Waals surface area contributed by atoms with Gasteiger partial charge in [0.15, 0.2) is 11.6 Å². The second-order valence-electron chi connectivity index (χ2n) is 13.5. The average Bonchev–Trinajstić information content (AvgIpc) is 3.26. The Balaban J connectivity index is 1.30. The van der Waals surface area contributed by atoms with Gasteiger partial charge in [-0.3, -0.25) is 0 Å². The summed E-state index contributed by atoms with van der Waals surface area (Å²) in [4.78, 5) is 15.5. The van der Waals surface area contributed by atoms with Crippen LogP contribution in [0.15, 0.2) is 170 Å². The molecule has 0 saturated carbocycles. The number of allylic oxidation sites excluding steroid dienone is 7. The number of rotatable bonds is 4. The van der Waals surface area contributed by atoms with Crippen molar-refractivity contribution in [2.24, 2.45) is 0 Å². The van der Waals surface area contributed by atoms with Crippen LogP contribution in [0.2, 0.25) is 0 Å². The highest BCUT2D eigenvalue weighted by Gasteiger charge is 2.47. The number of para-hydroxylation sites is 2. The molecule has 1 aromatic heterocycles.